The number of carbonyl (C=O) groups excluding carboxylic acids is 1. The minimum absolute atomic E-state index is 0.185. The van der Waals surface area contributed by atoms with Crippen LogP contribution in [0.4, 0.5) is 0 Å². The largest absolute Gasteiger partial charge is 0.339 e. The van der Waals surface area contributed by atoms with E-state index >= 15 is 0 Å². The van der Waals surface area contributed by atoms with Crippen molar-refractivity contribution >= 4 is 5.91 Å². The summed E-state index contributed by atoms with van der Waals surface area (Å²) in [5.41, 5.74) is 0.185. The van der Waals surface area contributed by atoms with E-state index in [9.17, 15) is 4.79 Å². The highest BCUT2D eigenvalue weighted by atomic mass is 16.2. The molecule has 0 radical (unpaired) electrons. The van der Waals surface area contributed by atoms with Crippen LogP contribution in [-0.4, -0.2) is 23.4 Å². The van der Waals surface area contributed by atoms with Crippen LogP contribution in [0.1, 0.15) is 66.7 Å². The second-order valence-corrected chi connectivity index (χ2v) is 6.91. The molecule has 1 aliphatic rings. The minimum atomic E-state index is 0.185. The van der Waals surface area contributed by atoms with Crippen LogP contribution >= 0.6 is 0 Å². The maximum Gasteiger partial charge on any atom is 0.222 e. The highest BCUT2D eigenvalue weighted by molar-refractivity contribution is 5.76. The third-order valence-corrected chi connectivity index (χ3v) is 3.68. The van der Waals surface area contributed by atoms with Crippen molar-refractivity contribution in [3.05, 3.63) is 0 Å². The number of nitrogens with zero attached hydrogens (tertiary/aromatic N) is 1. The molecule has 1 amide bonds. The fourth-order valence-corrected chi connectivity index (χ4v) is 2.73. The predicted octanol–water partition coefficient (Wildman–Crippen LogP) is 3.85. The molecule has 1 saturated heterocycles. The molecule has 1 rings (SSSR count). The van der Waals surface area contributed by atoms with Crippen molar-refractivity contribution in [1.29, 1.82) is 0 Å². The van der Waals surface area contributed by atoms with Crippen molar-refractivity contribution in [1.82, 2.24) is 4.90 Å². The molecular formula is C15H29NO. The Morgan fingerprint density at radius 1 is 1.18 bits per heavy atom. The molecule has 1 heterocycles. The van der Waals surface area contributed by atoms with Gasteiger partial charge in [-0.1, -0.05) is 41.0 Å². The fraction of sp³-hybridized carbons (Fsp3) is 0.933. The molecule has 0 spiro atoms. The molecule has 0 saturated carbocycles. The van der Waals surface area contributed by atoms with Crippen molar-refractivity contribution in [3.63, 3.8) is 0 Å². The van der Waals surface area contributed by atoms with Crippen LogP contribution in [0.5, 0.6) is 0 Å². The SMILES string of the molecule is CC(C)CC(N1CCCCCC1=O)C(C)(C)C. The Hall–Kier alpha value is -0.530. The van der Waals surface area contributed by atoms with E-state index in [1.54, 1.807) is 0 Å². The van der Waals surface area contributed by atoms with Crippen LogP contribution in [-0.2, 0) is 4.79 Å². The lowest BCUT2D eigenvalue weighted by molar-refractivity contribution is -0.135. The van der Waals surface area contributed by atoms with Crippen LogP contribution in [0.15, 0.2) is 0 Å². The van der Waals surface area contributed by atoms with Gasteiger partial charge in [0.05, 0.1) is 0 Å². The summed E-state index contributed by atoms with van der Waals surface area (Å²) < 4.78 is 0. The van der Waals surface area contributed by atoms with Crippen molar-refractivity contribution in [2.75, 3.05) is 6.54 Å². The first-order valence-electron chi connectivity index (χ1n) is 7.12. The predicted molar refractivity (Wildman–Crippen MR) is 72.9 cm³/mol. The first-order chi connectivity index (χ1) is 7.82. The second kappa shape index (κ2) is 5.88. The minimum Gasteiger partial charge on any atom is -0.339 e. The van der Waals surface area contributed by atoms with Crippen LogP contribution in [0.2, 0.25) is 0 Å². The maximum absolute atomic E-state index is 12.2. The first kappa shape index (κ1) is 14.5. The zero-order chi connectivity index (χ0) is 13.1. The summed E-state index contributed by atoms with van der Waals surface area (Å²) in [7, 11) is 0. The molecule has 1 atom stereocenters. The van der Waals surface area contributed by atoms with Gasteiger partial charge in [-0.25, -0.2) is 0 Å². The lowest BCUT2D eigenvalue weighted by Gasteiger charge is -2.41. The Balaban J connectivity index is 2.83. The quantitative estimate of drug-likeness (QED) is 0.732. The average Bonchev–Trinajstić information content (AvgIpc) is 2.37. The van der Waals surface area contributed by atoms with Crippen molar-refractivity contribution in [3.8, 4) is 0 Å². The summed E-state index contributed by atoms with van der Waals surface area (Å²) in [5, 5.41) is 0. The summed E-state index contributed by atoms with van der Waals surface area (Å²) in [6.07, 6.45) is 5.34. The second-order valence-electron chi connectivity index (χ2n) is 6.91. The fourth-order valence-electron chi connectivity index (χ4n) is 2.73. The molecule has 0 aromatic heterocycles. The van der Waals surface area contributed by atoms with Gasteiger partial charge < -0.3 is 4.90 Å². The van der Waals surface area contributed by atoms with Crippen LogP contribution in [0.3, 0.4) is 0 Å². The number of hydrogen-bond acceptors (Lipinski definition) is 1. The van der Waals surface area contributed by atoms with E-state index in [1.807, 2.05) is 0 Å². The molecular weight excluding hydrogens is 210 g/mol. The summed E-state index contributed by atoms with van der Waals surface area (Å²) in [6.45, 7) is 12.3. The van der Waals surface area contributed by atoms with Gasteiger partial charge >= 0.3 is 0 Å². The lowest BCUT2D eigenvalue weighted by Crippen LogP contribution is -2.47. The van der Waals surface area contributed by atoms with E-state index in [1.165, 1.54) is 12.8 Å². The summed E-state index contributed by atoms with van der Waals surface area (Å²) in [5.74, 6) is 1.03. The number of hydrogen-bond donors (Lipinski definition) is 0. The van der Waals surface area contributed by atoms with E-state index in [4.69, 9.17) is 0 Å². The Bertz CT molecular complexity index is 252. The van der Waals surface area contributed by atoms with Gasteiger partial charge in [0.2, 0.25) is 5.91 Å². The van der Waals surface area contributed by atoms with Gasteiger partial charge in [-0.15, -0.1) is 0 Å². The zero-order valence-electron chi connectivity index (χ0n) is 12.3. The molecule has 0 bridgehead atoms. The third kappa shape index (κ3) is 4.33. The highest BCUT2D eigenvalue weighted by Gasteiger charge is 2.33. The van der Waals surface area contributed by atoms with E-state index in [0.29, 0.717) is 17.9 Å². The normalized spacial score (nSPS) is 20.6. The molecule has 0 aromatic rings. The number of amides is 1. The number of rotatable bonds is 3. The Labute approximate surface area is 107 Å². The van der Waals surface area contributed by atoms with Crippen LogP contribution < -0.4 is 0 Å². The third-order valence-electron chi connectivity index (χ3n) is 3.68. The van der Waals surface area contributed by atoms with Gasteiger partial charge in [0.15, 0.2) is 0 Å². The molecule has 0 N–H and O–H groups in total. The molecule has 2 nitrogen and oxygen atoms in total. The van der Waals surface area contributed by atoms with Gasteiger partial charge in [0.1, 0.15) is 0 Å². The van der Waals surface area contributed by atoms with Crippen molar-refractivity contribution in [2.45, 2.75) is 72.8 Å². The van der Waals surface area contributed by atoms with Crippen molar-refractivity contribution in [2.24, 2.45) is 11.3 Å². The molecule has 1 fully saturated rings. The molecule has 0 aliphatic carbocycles. The van der Waals surface area contributed by atoms with Crippen LogP contribution in [0, 0.1) is 11.3 Å². The lowest BCUT2D eigenvalue weighted by atomic mass is 9.80. The highest BCUT2D eigenvalue weighted by Crippen LogP contribution is 2.31. The summed E-state index contributed by atoms with van der Waals surface area (Å²) in [6, 6.07) is 0.396. The van der Waals surface area contributed by atoms with Crippen LogP contribution in [0.25, 0.3) is 0 Å². The molecule has 0 aromatic carbocycles. The molecule has 1 aliphatic heterocycles. The monoisotopic (exact) mass is 239 g/mol. The zero-order valence-corrected chi connectivity index (χ0v) is 12.3. The Kier molecular flexibility index (Phi) is 5.03. The standard InChI is InChI=1S/C15H29NO/c1-12(2)11-13(15(3,4)5)16-10-8-6-7-9-14(16)17/h12-13H,6-11H2,1-5H3. The maximum atomic E-state index is 12.2. The van der Waals surface area contributed by atoms with Gasteiger partial charge in [-0.2, -0.15) is 0 Å². The first-order valence-corrected chi connectivity index (χ1v) is 7.12. The molecule has 100 valence electrons. The summed E-state index contributed by atoms with van der Waals surface area (Å²) >= 11 is 0. The van der Waals surface area contributed by atoms with E-state index in [2.05, 4.69) is 39.5 Å². The van der Waals surface area contributed by atoms with Gasteiger partial charge in [-0.3, -0.25) is 4.79 Å². The van der Waals surface area contributed by atoms with Gasteiger partial charge in [0.25, 0.3) is 0 Å². The van der Waals surface area contributed by atoms with E-state index in [0.717, 1.165) is 25.8 Å². The Morgan fingerprint density at radius 3 is 2.35 bits per heavy atom. The average molecular weight is 239 g/mol. The topological polar surface area (TPSA) is 20.3 Å². The molecule has 2 heteroatoms. The summed E-state index contributed by atoms with van der Waals surface area (Å²) in [4.78, 5) is 14.4. The smallest absolute Gasteiger partial charge is 0.222 e. The number of likely N-dealkylation sites (tertiary alicyclic amines) is 1. The van der Waals surface area contributed by atoms with E-state index < -0.39 is 0 Å². The van der Waals surface area contributed by atoms with E-state index in [-0.39, 0.29) is 5.41 Å². The van der Waals surface area contributed by atoms with Gasteiger partial charge in [0, 0.05) is 19.0 Å². The van der Waals surface area contributed by atoms with Gasteiger partial charge in [-0.05, 0) is 30.6 Å². The molecule has 17 heavy (non-hydrogen) atoms. The Morgan fingerprint density at radius 2 is 1.82 bits per heavy atom. The van der Waals surface area contributed by atoms with Crippen molar-refractivity contribution < 1.29 is 4.79 Å². The number of carbonyl (C=O) groups is 1. The molecule has 1 unspecified atom stereocenters.